The number of halogens is 1. The molecule has 1 aromatic heterocycles. The van der Waals surface area contributed by atoms with Crippen LogP contribution in [0.5, 0.6) is 0 Å². The van der Waals surface area contributed by atoms with Gasteiger partial charge in [-0.05, 0) is 18.2 Å². The summed E-state index contributed by atoms with van der Waals surface area (Å²) < 4.78 is 6.29. The number of methoxy groups -OCH3 is 1. The van der Waals surface area contributed by atoms with Gasteiger partial charge in [-0.2, -0.15) is 5.26 Å². The van der Waals surface area contributed by atoms with E-state index in [1.54, 1.807) is 22.8 Å². The van der Waals surface area contributed by atoms with Gasteiger partial charge in [0.05, 0.1) is 23.4 Å². The van der Waals surface area contributed by atoms with Gasteiger partial charge in [-0.1, -0.05) is 18.5 Å². The molecule has 108 valence electrons. The molecule has 2 aromatic rings. The number of nitrogen functional groups attached to an aromatic ring is 1. The maximum Gasteiger partial charge on any atom is 0.360 e. The minimum atomic E-state index is -0.597. The molecule has 0 aliphatic rings. The summed E-state index contributed by atoms with van der Waals surface area (Å²) in [5.74, 6) is 0.189. The number of ether oxygens (including phenoxy) is 1. The number of nitrogens with zero attached hydrogens (tertiary/aromatic N) is 3. The number of carbonyl (C=O) groups excluding carboxylic acids is 1. The lowest BCUT2D eigenvalue weighted by molar-refractivity contribution is 0.0596. The second kappa shape index (κ2) is 5.85. The average Bonchev–Trinajstić information content (AvgIpc) is 2.83. The first kappa shape index (κ1) is 14.9. The predicted octanol–water partition coefficient (Wildman–Crippen LogP) is 2.33. The highest BCUT2D eigenvalue weighted by Crippen LogP contribution is 2.25. The molecule has 1 heterocycles. The van der Waals surface area contributed by atoms with Gasteiger partial charge in [0.2, 0.25) is 0 Å². The molecule has 0 saturated heterocycles. The number of aromatic nitrogens is 2. The third-order valence-corrected chi connectivity index (χ3v) is 3.32. The second-order valence-electron chi connectivity index (χ2n) is 4.22. The Morgan fingerprint density at radius 1 is 1.57 bits per heavy atom. The summed E-state index contributed by atoms with van der Waals surface area (Å²) in [5.41, 5.74) is 7.07. The van der Waals surface area contributed by atoms with Crippen LogP contribution >= 0.6 is 11.6 Å². The third kappa shape index (κ3) is 2.56. The van der Waals surface area contributed by atoms with Gasteiger partial charge in [-0.3, -0.25) is 4.57 Å². The number of rotatable bonds is 3. The van der Waals surface area contributed by atoms with E-state index in [2.05, 4.69) is 9.72 Å². The number of esters is 1. The minimum absolute atomic E-state index is 0.0647. The standard InChI is InChI=1S/C14H13ClN4O2/c1-3-11-18-12(14(20)21-2)13(17)19(11)9-5-4-8(7-16)10(15)6-9/h4-6H,3,17H2,1-2H3. The first-order chi connectivity index (χ1) is 10.0. The highest BCUT2D eigenvalue weighted by atomic mass is 35.5. The number of benzene rings is 1. The Labute approximate surface area is 126 Å². The van der Waals surface area contributed by atoms with E-state index in [1.165, 1.54) is 7.11 Å². The van der Waals surface area contributed by atoms with E-state index in [-0.39, 0.29) is 11.5 Å². The molecule has 6 nitrogen and oxygen atoms in total. The van der Waals surface area contributed by atoms with Crippen LogP contribution in [0.25, 0.3) is 5.69 Å². The van der Waals surface area contributed by atoms with Crippen LogP contribution in [0.15, 0.2) is 18.2 Å². The topological polar surface area (TPSA) is 93.9 Å². The first-order valence-electron chi connectivity index (χ1n) is 6.18. The smallest absolute Gasteiger partial charge is 0.360 e. The predicted molar refractivity (Wildman–Crippen MR) is 78.4 cm³/mol. The van der Waals surface area contributed by atoms with Gasteiger partial charge in [0.1, 0.15) is 17.7 Å². The van der Waals surface area contributed by atoms with Gasteiger partial charge in [-0.25, -0.2) is 9.78 Å². The Kier molecular flexibility index (Phi) is 4.15. The molecule has 0 spiro atoms. The molecular weight excluding hydrogens is 292 g/mol. The molecular formula is C14H13ClN4O2. The Bertz CT molecular complexity index is 746. The lowest BCUT2D eigenvalue weighted by atomic mass is 10.2. The molecule has 0 fully saturated rings. The summed E-state index contributed by atoms with van der Waals surface area (Å²) in [6.45, 7) is 1.89. The second-order valence-corrected chi connectivity index (χ2v) is 4.63. The summed E-state index contributed by atoms with van der Waals surface area (Å²) in [5, 5.41) is 9.21. The maximum atomic E-state index is 11.7. The van der Waals surface area contributed by atoms with E-state index < -0.39 is 5.97 Å². The quantitative estimate of drug-likeness (QED) is 0.878. The average molecular weight is 305 g/mol. The van der Waals surface area contributed by atoms with Crippen molar-refractivity contribution in [1.29, 1.82) is 5.26 Å². The van der Waals surface area contributed by atoms with Crippen LogP contribution in [0.1, 0.15) is 28.8 Å². The number of nitrogens with two attached hydrogens (primary N) is 1. The van der Waals surface area contributed by atoms with Crippen LogP contribution in [0.2, 0.25) is 5.02 Å². The number of anilines is 1. The van der Waals surface area contributed by atoms with Gasteiger partial charge >= 0.3 is 5.97 Å². The normalized spacial score (nSPS) is 10.2. The SMILES string of the molecule is CCc1nc(C(=O)OC)c(N)n1-c1ccc(C#N)c(Cl)c1. The van der Waals surface area contributed by atoms with Crippen LogP contribution in [-0.4, -0.2) is 22.6 Å². The van der Waals surface area contributed by atoms with Crippen molar-refractivity contribution >= 4 is 23.4 Å². The molecule has 0 aliphatic heterocycles. The molecule has 0 unspecified atom stereocenters. The molecule has 0 amide bonds. The summed E-state index contributed by atoms with van der Waals surface area (Å²) >= 11 is 6.04. The van der Waals surface area contributed by atoms with Crippen molar-refractivity contribution in [2.24, 2.45) is 0 Å². The molecule has 21 heavy (non-hydrogen) atoms. The zero-order valence-electron chi connectivity index (χ0n) is 11.6. The third-order valence-electron chi connectivity index (χ3n) is 3.01. The van der Waals surface area contributed by atoms with Crippen molar-refractivity contribution in [3.8, 4) is 11.8 Å². The van der Waals surface area contributed by atoms with Crippen molar-refractivity contribution in [2.45, 2.75) is 13.3 Å². The van der Waals surface area contributed by atoms with Crippen molar-refractivity contribution in [1.82, 2.24) is 9.55 Å². The maximum absolute atomic E-state index is 11.7. The Balaban J connectivity index is 2.63. The number of carbonyl (C=O) groups is 1. The largest absolute Gasteiger partial charge is 0.464 e. The fourth-order valence-electron chi connectivity index (χ4n) is 1.99. The van der Waals surface area contributed by atoms with Crippen LogP contribution in [0, 0.1) is 11.3 Å². The molecule has 0 radical (unpaired) electrons. The van der Waals surface area contributed by atoms with Crippen LogP contribution in [-0.2, 0) is 11.2 Å². The lowest BCUT2D eigenvalue weighted by Gasteiger charge is -2.09. The highest BCUT2D eigenvalue weighted by molar-refractivity contribution is 6.31. The Morgan fingerprint density at radius 3 is 2.81 bits per heavy atom. The molecule has 2 rings (SSSR count). The fraction of sp³-hybridized carbons (Fsp3) is 0.214. The summed E-state index contributed by atoms with van der Waals surface area (Å²) in [6, 6.07) is 6.89. The van der Waals surface area contributed by atoms with Crippen molar-refractivity contribution < 1.29 is 9.53 Å². The number of aryl methyl sites for hydroxylation is 1. The summed E-state index contributed by atoms with van der Waals surface area (Å²) in [7, 11) is 1.27. The van der Waals surface area contributed by atoms with E-state index in [9.17, 15) is 4.79 Å². The van der Waals surface area contributed by atoms with Gasteiger partial charge in [0.15, 0.2) is 5.69 Å². The van der Waals surface area contributed by atoms with E-state index in [1.807, 2.05) is 13.0 Å². The minimum Gasteiger partial charge on any atom is -0.464 e. The van der Waals surface area contributed by atoms with E-state index in [0.717, 1.165) is 0 Å². The molecule has 0 bridgehead atoms. The van der Waals surface area contributed by atoms with Gasteiger partial charge in [-0.15, -0.1) is 0 Å². The molecule has 0 aliphatic carbocycles. The van der Waals surface area contributed by atoms with Crippen molar-refractivity contribution in [3.63, 3.8) is 0 Å². The summed E-state index contributed by atoms with van der Waals surface area (Å²) in [4.78, 5) is 15.9. The fourth-order valence-corrected chi connectivity index (χ4v) is 2.20. The number of hydrogen-bond donors (Lipinski definition) is 1. The van der Waals surface area contributed by atoms with E-state index in [0.29, 0.717) is 28.5 Å². The van der Waals surface area contributed by atoms with E-state index >= 15 is 0 Å². The van der Waals surface area contributed by atoms with Crippen molar-refractivity contribution in [3.05, 3.63) is 40.3 Å². The number of nitriles is 1. The summed E-state index contributed by atoms with van der Waals surface area (Å²) in [6.07, 6.45) is 0.568. The van der Waals surface area contributed by atoms with E-state index in [4.69, 9.17) is 22.6 Å². The zero-order valence-corrected chi connectivity index (χ0v) is 12.3. The Morgan fingerprint density at radius 2 is 2.29 bits per heavy atom. The lowest BCUT2D eigenvalue weighted by Crippen LogP contribution is -2.08. The zero-order chi connectivity index (χ0) is 15.6. The van der Waals surface area contributed by atoms with Crippen LogP contribution in [0.4, 0.5) is 5.82 Å². The van der Waals surface area contributed by atoms with Crippen LogP contribution < -0.4 is 5.73 Å². The number of imidazole rings is 1. The van der Waals surface area contributed by atoms with Gasteiger partial charge in [0, 0.05) is 6.42 Å². The molecule has 0 saturated carbocycles. The van der Waals surface area contributed by atoms with Crippen molar-refractivity contribution in [2.75, 3.05) is 12.8 Å². The van der Waals surface area contributed by atoms with Crippen LogP contribution in [0.3, 0.4) is 0 Å². The highest BCUT2D eigenvalue weighted by Gasteiger charge is 2.21. The van der Waals surface area contributed by atoms with Gasteiger partial charge < -0.3 is 10.5 Å². The molecule has 1 aromatic carbocycles. The first-order valence-corrected chi connectivity index (χ1v) is 6.56. The Hall–Kier alpha value is -2.52. The number of hydrogen-bond acceptors (Lipinski definition) is 5. The molecule has 2 N–H and O–H groups in total. The molecule has 7 heteroatoms. The van der Waals surface area contributed by atoms with Gasteiger partial charge in [0.25, 0.3) is 0 Å². The monoisotopic (exact) mass is 304 g/mol. The molecule has 0 atom stereocenters.